The van der Waals surface area contributed by atoms with Gasteiger partial charge in [-0.3, -0.25) is 20.4 Å². The lowest BCUT2D eigenvalue weighted by atomic mass is 10.0. The third-order valence-electron chi connectivity index (χ3n) is 4.02. The molecule has 2 aromatic heterocycles. The third-order valence-corrected chi connectivity index (χ3v) is 6.87. The van der Waals surface area contributed by atoms with Crippen LogP contribution in [0.1, 0.15) is 34.6 Å². The van der Waals surface area contributed by atoms with E-state index in [1.54, 1.807) is 17.5 Å². The Labute approximate surface area is 181 Å². The molecular formula is C19H21N5O2S3. The van der Waals surface area contributed by atoms with E-state index in [1.165, 1.54) is 45.6 Å². The second-order valence-electron chi connectivity index (χ2n) is 5.92. The summed E-state index contributed by atoms with van der Waals surface area (Å²) in [5, 5.41) is 14.2. The average Bonchev–Trinajstić information content (AvgIpc) is 3.43. The molecule has 0 bridgehead atoms. The number of benzene rings is 1. The Bertz CT molecular complexity index is 950. The number of rotatable bonds is 8. The lowest BCUT2D eigenvalue weighted by molar-refractivity contribution is -0.119. The van der Waals surface area contributed by atoms with Gasteiger partial charge < -0.3 is 5.32 Å². The van der Waals surface area contributed by atoms with E-state index in [0.717, 1.165) is 18.5 Å². The van der Waals surface area contributed by atoms with Crippen molar-refractivity contribution in [3.63, 3.8) is 0 Å². The number of aromatic nitrogens is 2. The quantitative estimate of drug-likeness (QED) is 0.357. The molecule has 0 fully saturated rings. The van der Waals surface area contributed by atoms with Gasteiger partial charge >= 0.3 is 0 Å². The first-order chi connectivity index (χ1) is 14.1. The Morgan fingerprint density at radius 1 is 1.03 bits per heavy atom. The Kier molecular flexibility index (Phi) is 7.62. The number of carbonyl (C=O) groups is 2. The predicted molar refractivity (Wildman–Crippen MR) is 119 cm³/mol. The van der Waals surface area contributed by atoms with Crippen LogP contribution in [0.3, 0.4) is 0 Å². The standard InChI is InChI=1S/C19H21N5O2S3/c1-3-12-7-5-8-13(4-2)16(12)20-18-23-24-19(29-18)28-11-15(25)21-22-17(26)14-9-6-10-27-14/h5-10H,3-4,11H2,1-2H3,(H,20,23)(H,21,25)(H,22,26). The van der Waals surface area contributed by atoms with Crippen LogP contribution in [0, 0.1) is 0 Å². The van der Waals surface area contributed by atoms with Gasteiger partial charge in [0.15, 0.2) is 4.34 Å². The molecule has 2 amide bonds. The van der Waals surface area contributed by atoms with Crippen LogP contribution in [-0.2, 0) is 17.6 Å². The minimum absolute atomic E-state index is 0.130. The van der Waals surface area contributed by atoms with E-state index in [9.17, 15) is 9.59 Å². The number of hydrogen-bond acceptors (Lipinski definition) is 8. The normalized spacial score (nSPS) is 10.6. The van der Waals surface area contributed by atoms with E-state index in [-0.39, 0.29) is 17.6 Å². The number of thiophene rings is 1. The van der Waals surface area contributed by atoms with Crippen molar-refractivity contribution in [1.82, 2.24) is 21.0 Å². The average molecular weight is 448 g/mol. The van der Waals surface area contributed by atoms with Crippen LogP contribution in [0.15, 0.2) is 40.1 Å². The summed E-state index contributed by atoms with van der Waals surface area (Å²) in [5.41, 5.74) is 8.35. The summed E-state index contributed by atoms with van der Waals surface area (Å²) in [5.74, 6) is -0.512. The smallest absolute Gasteiger partial charge is 0.279 e. The highest BCUT2D eigenvalue weighted by molar-refractivity contribution is 8.01. The number of carbonyl (C=O) groups excluding carboxylic acids is 2. The molecule has 29 heavy (non-hydrogen) atoms. The van der Waals surface area contributed by atoms with Gasteiger partial charge in [0, 0.05) is 5.69 Å². The summed E-state index contributed by atoms with van der Waals surface area (Å²) in [6.07, 6.45) is 1.85. The van der Waals surface area contributed by atoms with Gasteiger partial charge in [-0.25, -0.2) is 0 Å². The van der Waals surface area contributed by atoms with Gasteiger partial charge in [-0.1, -0.05) is 61.2 Å². The largest absolute Gasteiger partial charge is 0.330 e. The zero-order chi connectivity index (χ0) is 20.6. The van der Waals surface area contributed by atoms with Gasteiger partial charge in [0.1, 0.15) is 0 Å². The van der Waals surface area contributed by atoms with Gasteiger partial charge in [-0.15, -0.1) is 21.5 Å². The Morgan fingerprint density at radius 2 is 1.79 bits per heavy atom. The first kappa shape index (κ1) is 21.3. The van der Waals surface area contributed by atoms with Gasteiger partial charge in [0.2, 0.25) is 11.0 Å². The molecule has 0 aliphatic heterocycles. The first-order valence-corrected chi connectivity index (χ1v) is 11.8. The van der Waals surface area contributed by atoms with E-state index >= 15 is 0 Å². The van der Waals surface area contributed by atoms with Crippen molar-refractivity contribution < 1.29 is 9.59 Å². The molecule has 0 saturated carbocycles. The highest BCUT2D eigenvalue weighted by Gasteiger charge is 2.12. The number of nitrogens with one attached hydrogen (secondary N) is 3. The van der Waals surface area contributed by atoms with Crippen molar-refractivity contribution >= 4 is 57.1 Å². The summed E-state index contributed by atoms with van der Waals surface area (Å²) in [4.78, 5) is 24.3. The lowest BCUT2D eigenvalue weighted by Crippen LogP contribution is -2.42. The summed E-state index contributed by atoms with van der Waals surface area (Å²) < 4.78 is 0.680. The predicted octanol–water partition coefficient (Wildman–Crippen LogP) is 4.02. The molecule has 7 nitrogen and oxygen atoms in total. The number of thioether (sulfide) groups is 1. The minimum Gasteiger partial charge on any atom is -0.330 e. The number of aryl methyl sites for hydroxylation is 2. The zero-order valence-corrected chi connectivity index (χ0v) is 18.5. The molecule has 0 saturated heterocycles. The number of amides is 2. The van der Waals surface area contributed by atoms with Crippen LogP contribution in [-0.4, -0.2) is 27.8 Å². The summed E-state index contributed by atoms with van der Waals surface area (Å²) in [6.45, 7) is 4.24. The van der Waals surface area contributed by atoms with Crippen molar-refractivity contribution in [3.8, 4) is 0 Å². The molecular weight excluding hydrogens is 426 g/mol. The third kappa shape index (κ3) is 5.78. The van der Waals surface area contributed by atoms with E-state index < -0.39 is 0 Å². The maximum absolute atomic E-state index is 12.0. The second-order valence-corrected chi connectivity index (χ2v) is 9.07. The zero-order valence-electron chi connectivity index (χ0n) is 16.0. The summed E-state index contributed by atoms with van der Waals surface area (Å²) >= 11 is 3.98. The molecule has 3 N–H and O–H groups in total. The number of para-hydroxylation sites is 1. The van der Waals surface area contributed by atoms with Crippen LogP contribution in [0.4, 0.5) is 10.8 Å². The fourth-order valence-corrected chi connectivity index (χ4v) is 4.76. The number of hydrazine groups is 1. The van der Waals surface area contributed by atoms with E-state index in [0.29, 0.717) is 14.3 Å². The van der Waals surface area contributed by atoms with E-state index in [1.807, 2.05) is 0 Å². The topological polar surface area (TPSA) is 96.0 Å². The van der Waals surface area contributed by atoms with Gasteiger partial charge in [0.05, 0.1) is 10.6 Å². The van der Waals surface area contributed by atoms with Crippen LogP contribution in [0.2, 0.25) is 0 Å². The van der Waals surface area contributed by atoms with Crippen molar-refractivity contribution in [2.24, 2.45) is 0 Å². The highest BCUT2D eigenvalue weighted by Crippen LogP contribution is 2.31. The first-order valence-electron chi connectivity index (χ1n) is 9.07. The fourth-order valence-electron chi connectivity index (χ4n) is 2.59. The Hall–Kier alpha value is -2.43. The van der Waals surface area contributed by atoms with E-state index in [2.05, 4.69) is 58.4 Å². The molecule has 2 heterocycles. The minimum atomic E-state index is -0.331. The number of anilines is 2. The fraction of sp³-hybridized carbons (Fsp3) is 0.263. The number of hydrogen-bond donors (Lipinski definition) is 3. The molecule has 1 aromatic carbocycles. The molecule has 3 rings (SSSR count). The Balaban J connectivity index is 1.52. The summed E-state index contributed by atoms with van der Waals surface area (Å²) in [6, 6.07) is 9.75. The second kappa shape index (κ2) is 10.4. The SMILES string of the molecule is CCc1cccc(CC)c1Nc1nnc(SCC(=O)NNC(=O)c2cccs2)s1. The van der Waals surface area contributed by atoms with Crippen molar-refractivity contribution in [2.45, 2.75) is 31.0 Å². The van der Waals surface area contributed by atoms with E-state index in [4.69, 9.17) is 0 Å². The van der Waals surface area contributed by atoms with Crippen LogP contribution >= 0.6 is 34.4 Å². The molecule has 0 aliphatic carbocycles. The van der Waals surface area contributed by atoms with Gasteiger partial charge in [-0.05, 0) is 35.4 Å². The number of nitrogens with zero attached hydrogens (tertiary/aromatic N) is 2. The molecule has 152 valence electrons. The molecule has 0 radical (unpaired) electrons. The maximum atomic E-state index is 12.0. The molecule has 0 atom stereocenters. The molecule has 0 spiro atoms. The maximum Gasteiger partial charge on any atom is 0.279 e. The van der Waals surface area contributed by atoms with Crippen LogP contribution < -0.4 is 16.2 Å². The van der Waals surface area contributed by atoms with Crippen molar-refractivity contribution in [2.75, 3.05) is 11.1 Å². The molecule has 3 aromatic rings. The van der Waals surface area contributed by atoms with Crippen LogP contribution in [0.25, 0.3) is 0 Å². The van der Waals surface area contributed by atoms with Gasteiger partial charge in [0.25, 0.3) is 5.91 Å². The Morgan fingerprint density at radius 3 is 2.45 bits per heavy atom. The highest BCUT2D eigenvalue weighted by atomic mass is 32.2. The summed E-state index contributed by atoms with van der Waals surface area (Å²) in [7, 11) is 0. The van der Waals surface area contributed by atoms with Gasteiger partial charge in [-0.2, -0.15) is 0 Å². The van der Waals surface area contributed by atoms with Crippen molar-refractivity contribution in [3.05, 3.63) is 51.7 Å². The molecule has 10 heteroatoms. The molecule has 0 aliphatic rings. The van der Waals surface area contributed by atoms with Crippen molar-refractivity contribution in [1.29, 1.82) is 0 Å². The van der Waals surface area contributed by atoms with Crippen LogP contribution in [0.5, 0.6) is 0 Å². The lowest BCUT2D eigenvalue weighted by Gasteiger charge is -2.13. The monoisotopic (exact) mass is 447 g/mol. The molecule has 0 unspecified atom stereocenters.